The summed E-state index contributed by atoms with van der Waals surface area (Å²) in [4.78, 5) is 12.0. The second-order valence-corrected chi connectivity index (χ2v) is 5.28. The summed E-state index contributed by atoms with van der Waals surface area (Å²) in [5.41, 5.74) is 1.58. The Morgan fingerprint density at radius 2 is 1.79 bits per heavy atom. The summed E-state index contributed by atoms with van der Waals surface area (Å²) >= 11 is 0. The Morgan fingerprint density at radius 1 is 1.12 bits per heavy atom. The Labute approximate surface area is 140 Å². The van der Waals surface area contributed by atoms with E-state index in [1.165, 1.54) is 19.2 Å². The minimum atomic E-state index is -0.488. The van der Waals surface area contributed by atoms with Gasteiger partial charge in [0, 0.05) is 13.7 Å². The summed E-state index contributed by atoms with van der Waals surface area (Å²) in [6.45, 7) is 0.0179. The molecule has 0 heterocycles. The Balaban J connectivity index is 1.90. The molecule has 0 fully saturated rings. The summed E-state index contributed by atoms with van der Waals surface area (Å²) in [7, 11) is 1.52. The lowest BCUT2D eigenvalue weighted by molar-refractivity contribution is 0.103. The first kappa shape index (κ1) is 17.9. The minimum absolute atomic E-state index is 0.205. The lowest BCUT2D eigenvalue weighted by Gasteiger charge is -2.20. The van der Waals surface area contributed by atoms with Crippen LogP contribution >= 0.6 is 0 Å². The molecule has 0 aliphatic carbocycles. The maximum atomic E-state index is 13.0. The zero-order valence-corrected chi connectivity index (χ0v) is 13.4. The van der Waals surface area contributed by atoms with Crippen LogP contribution in [0.1, 0.15) is 23.3 Å². The molecule has 0 saturated carbocycles. The molecule has 0 radical (unpaired) electrons. The van der Waals surface area contributed by atoms with Crippen molar-refractivity contribution in [3.8, 4) is 0 Å². The molecular weight excluding hydrogens is 311 g/mol. The molecule has 2 aromatic carbocycles. The molecule has 0 bridgehead atoms. The number of benzene rings is 2. The SMILES string of the molecule is COC(CNC(=O)NC(CO)c1ccccc1)c1ccc(F)cc1. The van der Waals surface area contributed by atoms with E-state index in [1.807, 2.05) is 30.3 Å². The third-order valence-electron chi connectivity index (χ3n) is 3.66. The van der Waals surface area contributed by atoms with Gasteiger partial charge in [-0.3, -0.25) is 0 Å². The molecular formula is C18H21FN2O3. The largest absolute Gasteiger partial charge is 0.394 e. The average molecular weight is 332 g/mol. The molecule has 128 valence electrons. The zero-order valence-electron chi connectivity index (χ0n) is 13.4. The molecule has 0 aliphatic heterocycles. The van der Waals surface area contributed by atoms with Crippen LogP contribution in [-0.4, -0.2) is 31.4 Å². The van der Waals surface area contributed by atoms with Gasteiger partial charge < -0.3 is 20.5 Å². The summed E-state index contributed by atoms with van der Waals surface area (Å²) in [6, 6.07) is 14.2. The average Bonchev–Trinajstić information content (AvgIpc) is 2.62. The van der Waals surface area contributed by atoms with Gasteiger partial charge in [0.05, 0.1) is 18.8 Å². The van der Waals surface area contributed by atoms with Crippen molar-refractivity contribution in [1.29, 1.82) is 0 Å². The number of hydrogen-bond donors (Lipinski definition) is 3. The maximum Gasteiger partial charge on any atom is 0.315 e. The Bertz CT molecular complexity index is 634. The fourth-order valence-electron chi connectivity index (χ4n) is 2.33. The molecule has 2 aromatic rings. The van der Waals surface area contributed by atoms with Crippen LogP contribution < -0.4 is 10.6 Å². The van der Waals surface area contributed by atoms with Crippen molar-refractivity contribution in [3.05, 3.63) is 71.5 Å². The highest BCUT2D eigenvalue weighted by atomic mass is 19.1. The smallest absolute Gasteiger partial charge is 0.315 e. The van der Waals surface area contributed by atoms with E-state index in [4.69, 9.17) is 4.74 Å². The van der Waals surface area contributed by atoms with Crippen LogP contribution in [0.25, 0.3) is 0 Å². The molecule has 2 amide bonds. The van der Waals surface area contributed by atoms with Gasteiger partial charge in [-0.15, -0.1) is 0 Å². The van der Waals surface area contributed by atoms with Gasteiger partial charge in [-0.2, -0.15) is 0 Å². The fraction of sp³-hybridized carbons (Fsp3) is 0.278. The van der Waals surface area contributed by atoms with Crippen molar-refractivity contribution in [2.24, 2.45) is 0 Å². The summed E-state index contributed by atoms with van der Waals surface area (Å²) in [5, 5.41) is 14.9. The molecule has 5 nitrogen and oxygen atoms in total. The predicted octanol–water partition coefficient (Wildman–Crippen LogP) is 2.55. The highest BCUT2D eigenvalue weighted by Crippen LogP contribution is 2.16. The van der Waals surface area contributed by atoms with E-state index in [-0.39, 0.29) is 25.1 Å². The molecule has 2 atom stereocenters. The van der Waals surface area contributed by atoms with Crippen LogP contribution in [0, 0.1) is 5.82 Å². The van der Waals surface area contributed by atoms with Gasteiger partial charge in [0.1, 0.15) is 5.82 Å². The quantitative estimate of drug-likeness (QED) is 0.730. The normalized spacial score (nSPS) is 13.1. The van der Waals surface area contributed by atoms with Gasteiger partial charge in [-0.25, -0.2) is 9.18 Å². The van der Waals surface area contributed by atoms with Crippen molar-refractivity contribution < 1.29 is 19.0 Å². The number of aliphatic hydroxyl groups excluding tert-OH is 1. The van der Waals surface area contributed by atoms with E-state index in [0.29, 0.717) is 0 Å². The van der Waals surface area contributed by atoms with Crippen LogP contribution in [0.3, 0.4) is 0 Å². The Hall–Kier alpha value is -2.44. The Kier molecular flexibility index (Phi) is 6.72. The molecule has 6 heteroatoms. The number of rotatable bonds is 7. The van der Waals surface area contributed by atoms with Crippen LogP contribution in [0.4, 0.5) is 9.18 Å². The molecule has 2 unspecified atom stereocenters. The molecule has 0 saturated heterocycles. The van der Waals surface area contributed by atoms with E-state index in [1.54, 1.807) is 12.1 Å². The van der Waals surface area contributed by atoms with Gasteiger partial charge in [0.2, 0.25) is 0 Å². The van der Waals surface area contributed by atoms with Crippen molar-refractivity contribution in [1.82, 2.24) is 10.6 Å². The van der Waals surface area contributed by atoms with E-state index in [2.05, 4.69) is 10.6 Å². The molecule has 24 heavy (non-hydrogen) atoms. The number of aliphatic hydroxyl groups is 1. The van der Waals surface area contributed by atoms with Crippen molar-refractivity contribution in [3.63, 3.8) is 0 Å². The Morgan fingerprint density at radius 3 is 2.38 bits per heavy atom. The number of nitrogens with one attached hydrogen (secondary N) is 2. The number of carbonyl (C=O) groups is 1. The molecule has 2 rings (SSSR count). The third-order valence-corrected chi connectivity index (χ3v) is 3.66. The topological polar surface area (TPSA) is 70.6 Å². The number of amides is 2. The number of ether oxygens (including phenoxy) is 1. The number of carbonyl (C=O) groups excluding carboxylic acids is 1. The third kappa shape index (κ3) is 5.04. The van der Waals surface area contributed by atoms with Gasteiger partial charge in [-0.1, -0.05) is 42.5 Å². The van der Waals surface area contributed by atoms with Crippen molar-refractivity contribution in [2.75, 3.05) is 20.3 Å². The van der Waals surface area contributed by atoms with Crippen LogP contribution in [0.2, 0.25) is 0 Å². The van der Waals surface area contributed by atoms with E-state index in [0.717, 1.165) is 11.1 Å². The number of hydrogen-bond acceptors (Lipinski definition) is 3. The monoisotopic (exact) mass is 332 g/mol. The van der Waals surface area contributed by atoms with E-state index in [9.17, 15) is 14.3 Å². The van der Waals surface area contributed by atoms with E-state index >= 15 is 0 Å². The van der Waals surface area contributed by atoms with Crippen LogP contribution in [0.5, 0.6) is 0 Å². The summed E-state index contributed by atoms with van der Waals surface area (Å²) in [6.07, 6.45) is -0.388. The number of methoxy groups -OCH3 is 1. The maximum absolute atomic E-state index is 13.0. The summed E-state index contributed by atoms with van der Waals surface area (Å²) < 4.78 is 18.3. The first-order valence-corrected chi connectivity index (χ1v) is 7.62. The lowest BCUT2D eigenvalue weighted by Crippen LogP contribution is -2.41. The second kappa shape index (κ2) is 9.00. The van der Waals surface area contributed by atoms with Gasteiger partial charge in [0.25, 0.3) is 0 Å². The zero-order chi connectivity index (χ0) is 17.4. The number of urea groups is 1. The summed E-state index contributed by atoms with van der Waals surface area (Å²) in [5.74, 6) is -0.326. The molecule has 0 spiro atoms. The highest BCUT2D eigenvalue weighted by molar-refractivity contribution is 5.74. The van der Waals surface area contributed by atoms with Crippen LogP contribution in [0.15, 0.2) is 54.6 Å². The molecule has 0 aliphatic rings. The van der Waals surface area contributed by atoms with Gasteiger partial charge in [0.15, 0.2) is 0 Å². The van der Waals surface area contributed by atoms with E-state index < -0.39 is 12.1 Å². The lowest BCUT2D eigenvalue weighted by atomic mass is 10.1. The van der Waals surface area contributed by atoms with Gasteiger partial charge in [-0.05, 0) is 23.3 Å². The number of halogens is 1. The first-order valence-electron chi connectivity index (χ1n) is 7.62. The fourth-order valence-corrected chi connectivity index (χ4v) is 2.33. The van der Waals surface area contributed by atoms with Crippen molar-refractivity contribution in [2.45, 2.75) is 12.1 Å². The standard InChI is InChI=1S/C18H21FN2O3/c1-24-17(14-7-9-15(19)10-8-14)11-20-18(23)21-16(12-22)13-5-3-2-4-6-13/h2-10,16-17,22H,11-12H2,1H3,(H2,20,21,23). The second-order valence-electron chi connectivity index (χ2n) is 5.28. The van der Waals surface area contributed by atoms with Crippen molar-refractivity contribution >= 4 is 6.03 Å². The first-order chi connectivity index (χ1) is 11.6. The molecule has 3 N–H and O–H groups in total. The van der Waals surface area contributed by atoms with Gasteiger partial charge >= 0.3 is 6.03 Å². The van der Waals surface area contributed by atoms with Crippen LogP contribution in [-0.2, 0) is 4.74 Å². The minimum Gasteiger partial charge on any atom is -0.394 e. The molecule has 0 aromatic heterocycles. The predicted molar refractivity (Wildman–Crippen MR) is 89.0 cm³/mol. The highest BCUT2D eigenvalue weighted by Gasteiger charge is 2.16.